The van der Waals surface area contributed by atoms with Gasteiger partial charge in [-0.15, -0.1) is 0 Å². The second-order valence-electron chi connectivity index (χ2n) is 3.47. The van der Waals surface area contributed by atoms with E-state index in [0.29, 0.717) is 12.0 Å². The lowest BCUT2D eigenvalue weighted by molar-refractivity contribution is 0.394. The molecule has 0 aliphatic heterocycles. The molecule has 16 heavy (non-hydrogen) atoms. The lowest BCUT2D eigenvalue weighted by atomic mass is 10.1. The second-order valence-corrected chi connectivity index (χ2v) is 3.47. The molecule has 0 saturated heterocycles. The number of nitrogens with zero attached hydrogens (tertiary/aromatic N) is 1. The van der Waals surface area contributed by atoms with E-state index in [9.17, 15) is 10.2 Å². The predicted molar refractivity (Wildman–Crippen MR) is 58.5 cm³/mol. The van der Waals surface area contributed by atoms with Crippen LogP contribution in [0.1, 0.15) is 11.3 Å². The molecule has 0 bridgehead atoms. The molecule has 0 atom stereocenters. The van der Waals surface area contributed by atoms with E-state index in [1.807, 2.05) is 12.1 Å². The van der Waals surface area contributed by atoms with E-state index in [0.717, 1.165) is 11.8 Å². The normalized spacial score (nSPS) is 10.2. The number of rotatable bonds is 2. The molecule has 0 spiro atoms. The van der Waals surface area contributed by atoms with Gasteiger partial charge < -0.3 is 15.3 Å². The number of pyridine rings is 1. The molecule has 0 radical (unpaired) electrons. The number of phenolic OH excluding ortho intramolecular Hbond substituents is 3. The van der Waals surface area contributed by atoms with Gasteiger partial charge in [-0.1, -0.05) is 6.07 Å². The highest BCUT2D eigenvalue weighted by Crippen LogP contribution is 2.32. The smallest absolute Gasteiger partial charge is 0.161 e. The highest BCUT2D eigenvalue weighted by molar-refractivity contribution is 5.49. The minimum Gasteiger partial charge on any atom is -0.508 e. The Morgan fingerprint density at radius 3 is 2.38 bits per heavy atom. The third kappa shape index (κ3) is 2.06. The highest BCUT2D eigenvalue weighted by atomic mass is 16.3. The number of phenols is 3. The monoisotopic (exact) mass is 217 g/mol. The van der Waals surface area contributed by atoms with Crippen LogP contribution in [-0.2, 0) is 6.42 Å². The molecule has 0 aliphatic carbocycles. The molecule has 3 N–H and O–H groups in total. The summed E-state index contributed by atoms with van der Waals surface area (Å²) in [6.45, 7) is 0. The quantitative estimate of drug-likeness (QED) is 0.529. The molecule has 2 rings (SSSR count). The number of aromatic hydroxyl groups is 3. The van der Waals surface area contributed by atoms with Crippen molar-refractivity contribution in [1.82, 2.24) is 4.98 Å². The minimum atomic E-state index is -0.331. The van der Waals surface area contributed by atoms with E-state index in [-0.39, 0.29) is 17.2 Å². The summed E-state index contributed by atoms with van der Waals surface area (Å²) in [5.41, 5.74) is 1.30. The average Bonchev–Trinajstić information content (AvgIpc) is 2.27. The van der Waals surface area contributed by atoms with Gasteiger partial charge in [-0.25, -0.2) is 0 Å². The molecular formula is C12H11NO3. The van der Waals surface area contributed by atoms with Crippen LogP contribution in [0.4, 0.5) is 0 Å². The Hall–Kier alpha value is -2.23. The number of aromatic nitrogens is 1. The first-order chi connectivity index (χ1) is 7.66. The van der Waals surface area contributed by atoms with Crippen molar-refractivity contribution in [2.45, 2.75) is 6.42 Å². The number of hydrogen-bond donors (Lipinski definition) is 3. The summed E-state index contributed by atoms with van der Waals surface area (Å²) in [4.78, 5) is 4.11. The molecule has 0 amide bonds. The second kappa shape index (κ2) is 4.10. The fraction of sp³-hybridized carbons (Fsp3) is 0.0833. The summed E-state index contributed by atoms with van der Waals surface area (Å²) in [5.74, 6) is -0.632. The third-order valence-electron chi connectivity index (χ3n) is 2.27. The van der Waals surface area contributed by atoms with Gasteiger partial charge in [-0.3, -0.25) is 4.98 Å². The molecule has 1 aromatic heterocycles. The van der Waals surface area contributed by atoms with Crippen molar-refractivity contribution in [1.29, 1.82) is 0 Å². The van der Waals surface area contributed by atoms with Gasteiger partial charge in [-0.05, 0) is 18.2 Å². The van der Waals surface area contributed by atoms with E-state index < -0.39 is 0 Å². The zero-order chi connectivity index (χ0) is 11.5. The molecule has 0 aliphatic rings. The van der Waals surface area contributed by atoms with Crippen LogP contribution in [0.2, 0.25) is 0 Å². The largest absolute Gasteiger partial charge is 0.508 e. The first-order valence-corrected chi connectivity index (χ1v) is 4.80. The van der Waals surface area contributed by atoms with Crippen LogP contribution in [-0.4, -0.2) is 20.3 Å². The molecule has 4 heteroatoms. The van der Waals surface area contributed by atoms with Crippen molar-refractivity contribution >= 4 is 0 Å². The van der Waals surface area contributed by atoms with Crippen LogP contribution in [0.3, 0.4) is 0 Å². The van der Waals surface area contributed by atoms with Gasteiger partial charge in [0.1, 0.15) is 5.75 Å². The van der Waals surface area contributed by atoms with Crippen LogP contribution in [0.15, 0.2) is 36.5 Å². The average molecular weight is 217 g/mol. The lowest BCUT2D eigenvalue weighted by Crippen LogP contribution is -1.91. The van der Waals surface area contributed by atoms with E-state index >= 15 is 0 Å². The third-order valence-corrected chi connectivity index (χ3v) is 2.27. The standard InChI is InChI=1S/C12H11NO3/c14-10-7-12(16)11(15)6-8(10)5-9-3-1-2-4-13-9/h1-4,6-7,14-16H,5H2. The van der Waals surface area contributed by atoms with E-state index in [1.165, 1.54) is 6.07 Å². The van der Waals surface area contributed by atoms with Crippen LogP contribution in [0.25, 0.3) is 0 Å². The molecule has 82 valence electrons. The zero-order valence-corrected chi connectivity index (χ0v) is 8.46. The maximum Gasteiger partial charge on any atom is 0.161 e. The molecule has 0 saturated carbocycles. The number of hydrogen-bond acceptors (Lipinski definition) is 4. The van der Waals surface area contributed by atoms with Crippen molar-refractivity contribution in [2.24, 2.45) is 0 Å². The van der Waals surface area contributed by atoms with Crippen LogP contribution in [0.5, 0.6) is 17.2 Å². The first kappa shape index (κ1) is 10.3. The van der Waals surface area contributed by atoms with E-state index in [2.05, 4.69) is 4.98 Å². The fourth-order valence-electron chi connectivity index (χ4n) is 1.45. The van der Waals surface area contributed by atoms with Crippen LogP contribution >= 0.6 is 0 Å². The van der Waals surface area contributed by atoms with Gasteiger partial charge in [0, 0.05) is 29.9 Å². The number of benzene rings is 1. The maximum atomic E-state index is 9.58. The Kier molecular flexibility index (Phi) is 2.64. The van der Waals surface area contributed by atoms with Crippen molar-refractivity contribution < 1.29 is 15.3 Å². The molecule has 4 nitrogen and oxygen atoms in total. The Balaban J connectivity index is 2.32. The van der Waals surface area contributed by atoms with Crippen molar-refractivity contribution in [3.8, 4) is 17.2 Å². The van der Waals surface area contributed by atoms with Gasteiger partial charge >= 0.3 is 0 Å². The Morgan fingerprint density at radius 2 is 1.69 bits per heavy atom. The predicted octanol–water partition coefficient (Wildman–Crippen LogP) is 1.79. The molecule has 0 unspecified atom stereocenters. The first-order valence-electron chi connectivity index (χ1n) is 4.80. The van der Waals surface area contributed by atoms with Crippen LogP contribution in [0, 0.1) is 0 Å². The summed E-state index contributed by atoms with van der Waals surface area (Å²) in [7, 11) is 0. The Morgan fingerprint density at radius 1 is 0.938 bits per heavy atom. The van der Waals surface area contributed by atoms with Gasteiger partial charge in [-0.2, -0.15) is 0 Å². The Bertz CT molecular complexity index is 497. The molecule has 2 aromatic rings. The molecular weight excluding hydrogens is 206 g/mol. The van der Waals surface area contributed by atoms with Crippen LogP contribution < -0.4 is 0 Å². The van der Waals surface area contributed by atoms with Crippen molar-refractivity contribution in [3.63, 3.8) is 0 Å². The summed E-state index contributed by atoms with van der Waals surface area (Å²) >= 11 is 0. The summed E-state index contributed by atoms with van der Waals surface area (Å²) < 4.78 is 0. The summed E-state index contributed by atoms with van der Waals surface area (Å²) in [6, 6.07) is 7.92. The zero-order valence-electron chi connectivity index (χ0n) is 8.46. The molecule has 1 heterocycles. The van der Waals surface area contributed by atoms with Gasteiger partial charge in [0.15, 0.2) is 11.5 Å². The van der Waals surface area contributed by atoms with Gasteiger partial charge in [0.05, 0.1) is 0 Å². The van der Waals surface area contributed by atoms with E-state index in [4.69, 9.17) is 5.11 Å². The molecule has 0 fully saturated rings. The molecule has 1 aromatic carbocycles. The topological polar surface area (TPSA) is 73.6 Å². The van der Waals surface area contributed by atoms with Gasteiger partial charge in [0.25, 0.3) is 0 Å². The summed E-state index contributed by atoms with van der Waals surface area (Å²) in [6.07, 6.45) is 2.06. The Labute approximate surface area is 92.5 Å². The maximum absolute atomic E-state index is 9.58. The fourth-order valence-corrected chi connectivity index (χ4v) is 1.45. The summed E-state index contributed by atoms with van der Waals surface area (Å²) in [5, 5.41) is 28.1. The van der Waals surface area contributed by atoms with Crippen molar-refractivity contribution in [3.05, 3.63) is 47.8 Å². The SMILES string of the molecule is Oc1cc(O)c(Cc2ccccn2)cc1O. The van der Waals surface area contributed by atoms with Crippen molar-refractivity contribution in [2.75, 3.05) is 0 Å². The lowest BCUT2D eigenvalue weighted by Gasteiger charge is -2.06. The van der Waals surface area contributed by atoms with Gasteiger partial charge in [0.2, 0.25) is 0 Å². The minimum absolute atomic E-state index is 0.0547. The van der Waals surface area contributed by atoms with E-state index in [1.54, 1.807) is 12.3 Å². The highest BCUT2D eigenvalue weighted by Gasteiger charge is 2.08.